The van der Waals surface area contributed by atoms with Crippen LogP contribution in [0, 0.1) is 5.92 Å². The molecule has 0 spiro atoms. The van der Waals surface area contributed by atoms with E-state index in [1.807, 2.05) is 6.07 Å². The second-order valence-corrected chi connectivity index (χ2v) is 4.54. The molecule has 1 heterocycles. The van der Waals surface area contributed by atoms with Gasteiger partial charge in [0.05, 0.1) is 0 Å². The van der Waals surface area contributed by atoms with Crippen molar-refractivity contribution in [2.45, 2.75) is 25.3 Å². The van der Waals surface area contributed by atoms with Crippen LogP contribution in [0.25, 0.3) is 0 Å². The van der Waals surface area contributed by atoms with Gasteiger partial charge in [-0.15, -0.1) is 0 Å². The van der Waals surface area contributed by atoms with Gasteiger partial charge in [0.25, 0.3) is 0 Å². The van der Waals surface area contributed by atoms with Crippen molar-refractivity contribution in [3.05, 3.63) is 35.9 Å². The van der Waals surface area contributed by atoms with Crippen LogP contribution < -0.4 is 5.73 Å². The van der Waals surface area contributed by atoms with Crippen molar-refractivity contribution in [3.63, 3.8) is 0 Å². The summed E-state index contributed by atoms with van der Waals surface area (Å²) in [5, 5.41) is 0. The van der Waals surface area contributed by atoms with E-state index in [4.69, 9.17) is 10.5 Å². The molecule has 15 heavy (non-hydrogen) atoms. The lowest BCUT2D eigenvalue weighted by molar-refractivity contribution is 0.0412. The van der Waals surface area contributed by atoms with E-state index in [9.17, 15) is 0 Å². The first-order valence-corrected chi connectivity index (χ1v) is 5.63. The molecule has 2 heteroatoms. The van der Waals surface area contributed by atoms with Crippen molar-refractivity contribution >= 4 is 0 Å². The molecule has 82 valence electrons. The van der Waals surface area contributed by atoms with Crippen LogP contribution in [0.3, 0.4) is 0 Å². The van der Waals surface area contributed by atoms with E-state index in [2.05, 4.69) is 31.2 Å². The first-order valence-electron chi connectivity index (χ1n) is 5.63. The van der Waals surface area contributed by atoms with Crippen LogP contribution in [0.4, 0.5) is 0 Å². The van der Waals surface area contributed by atoms with Crippen molar-refractivity contribution in [1.82, 2.24) is 0 Å². The van der Waals surface area contributed by atoms with Crippen LogP contribution in [-0.4, -0.2) is 13.2 Å². The van der Waals surface area contributed by atoms with Crippen molar-refractivity contribution in [2.75, 3.05) is 13.2 Å². The fraction of sp³-hybridized carbons (Fsp3) is 0.538. The summed E-state index contributed by atoms with van der Waals surface area (Å²) in [7, 11) is 0. The average molecular weight is 205 g/mol. The topological polar surface area (TPSA) is 35.2 Å². The Balaban J connectivity index is 2.18. The molecule has 1 aliphatic heterocycles. The number of nitrogens with two attached hydrogens (primary N) is 1. The van der Waals surface area contributed by atoms with Crippen LogP contribution >= 0.6 is 0 Å². The first kappa shape index (κ1) is 10.7. The van der Waals surface area contributed by atoms with Crippen molar-refractivity contribution < 1.29 is 4.74 Å². The monoisotopic (exact) mass is 205 g/mol. The molecule has 0 aromatic heterocycles. The van der Waals surface area contributed by atoms with Crippen LogP contribution in [0.1, 0.15) is 25.3 Å². The zero-order chi connectivity index (χ0) is 10.7. The maximum atomic E-state index is 6.46. The Morgan fingerprint density at radius 3 is 2.40 bits per heavy atom. The van der Waals surface area contributed by atoms with E-state index < -0.39 is 0 Å². The second-order valence-electron chi connectivity index (χ2n) is 4.54. The molecule has 0 radical (unpaired) electrons. The molecule has 2 N–H and O–H groups in total. The third-order valence-corrected chi connectivity index (χ3v) is 3.47. The van der Waals surface area contributed by atoms with Gasteiger partial charge < -0.3 is 10.5 Å². The molecule has 1 fully saturated rings. The normalized spacial score (nSPS) is 22.3. The molecule has 1 aromatic carbocycles. The molecule has 2 rings (SSSR count). The third kappa shape index (κ3) is 2.21. The Morgan fingerprint density at radius 1 is 1.20 bits per heavy atom. The van der Waals surface area contributed by atoms with Crippen molar-refractivity contribution in [3.8, 4) is 0 Å². The van der Waals surface area contributed by atoms with Crippen LogP contribution in [0.5, 0.6) is 0 Å². The molecule has 0 aliphatic carbocycles. The lowest BCUT2D eigenvalue weighted by atomic mass is 9.76. The number of hydrogen-bond acceptors (Lipinski definition) is 2. The number of benzene rings is 1. The summed E-state index contributed by atoms with van der Waals surface area (Å²) in [5.74, 6) is 0.536. The van der Waals surface area contributed by atoms with Crippen molar-refractivity contribution in [2.24, 2.45) is 11.7 Å². The van der Waals surface area contributed by atoms with Gasteiger partial charge in [0.2, 0.25) is 0 Å². The minimum absolute atomic E-state index is 0.217. The van der Waals surface area contributed by atoms with Gasteiger partial charge in [-0.1, -0.05) is 30.3 Å². The Kier molecular flexibility index (Phi) is 3.08. The van der Waals surface area contributed by atoms with Gasteiger partial charge >= 0.3 is 0 Å². The minimum Gasteiger partial charge on any atom is -0.381 e. The molecule has 0 bridgehead atoms. The molecule has 1 unspecified atom stereocenters. The lowest BCUT2D eigenvalue weighted by Crippen LogP contribution is -2.43. The Bertz CT molecular complexity index is 302. The van der Waals surface area contributed by atoms with E-state index in [1.54, 1.807) is 0 Å². The van der Waals surface area contributed by atoms with Crippen LogP contribution in [0.2, 0.25) is 0 Å². The van der Waals surface area contributed by atoms with Gasteiger partial charge in [-0.2, -0.15) is 0 Å². The SMILES string of the molecule is CC(N)(c1ccccc1)C1CCOCC1. The highest BCUT2D eigenvalue weighted by molar-refractivity contribution is 5.24. The maximum absolute atomic E-state index is 6.46. The largest absolute Gasteiger partial charge is 0.381 e. The lowest BCUT2D eigenvalue weighted by Gasteiger charge is -2.37. The molecule has 0 saturated carbocycles. The molecule has 1 atom stereocenters. The van der Waals surface area contributed by atoms with Gasteiger partial charge in [0.1, 0.15) is 0 Å². The quantitative estimate of drug-likeness (QED) is 0.804. The van der Waals surface area contributed by atoms with E-state index in [0.717, 1.165) is 26.1 Å². The van der Waals surface area contributed by atoms with E-state index >= 15 is 0 Å². The van der Waals surface area contributed by atoms with E-state index in [-0.39, 0.29) is 5.54 Å². The van der Waals surface area contributed by atoms with Gasteiger partial charge in [0.15, 0.2) is 0 Å². The van der Waals surface area contributed by atoms with Crippen LogP contribution in [0.15, 0.2) is 30.3 Å². The maximum Gasteiger partial charge on any atom is 0.0469 e. The highest BCUT2D eigenvalue weighted by atomic mass is 16.5. The number of ether oxygens (including phenoxy) is 1. The molecule has 2 nitrogen and oxygen atoms in total. The molecule has 1 saturated heterocycles. The smallest absolute Gasteiger partial charge is 0.0469 e. The molecule has 1 aromatic rings. The summed E-state index contributed by atoms with van der Waals surface area (Å²) in [6.07, 6.45) is 2.14. The fourth-order valence-electron chi connectivity index (χ4n) is 2.33. The predicted molar refractivity (Wildman–Crippen MR) is 61.5 cm³/mol. The average Bonchev–Trinajstić information content (AvgIpc) is 2.31. The summed E-state index contributed by atoms with van der Waals surface area (Å²) in [6.45, 7) is 3.84. The summed E-state index contributed by atoms with van der Waals surface area (Å²) in [5.41, 5.74) is 7.47. The minimum atomic E-state index is -0.217. The summed E-state index contributed by atoms with van der Waals surface area (Å²) >= 11 is 0. The second kappa shape index (κ2) is 4.33. The Morgan fingerprint density at radius 2 is 1.80 bits per heavy atom. The Labute approximate surface area is 91.4 Å². The molecule has 0 amide bonds. The zero-order valence-electron chi connectivity index (χ0n) is 9.28. The summed E-state index contributed by atoms with van der Waals surface area (Å²) in [6, 6.07) is 10.4. The van der Waals surface area contributed by atoms with Gasteiger partial charge in [-0.3, -0.25) is 0 Å². The standard InChI is InChI=1S/C13H19NO/c1-13(14,11-5-3-2-4-6-11)12-7-9-15-10-8-12/h2-6,12H,7-10,14H2,1H3. The molecular weight excluding hydrogens is 186 g/mol. The van der Waals surface area contributed by atoms with Gasteiger partial charge in [-0.05, 0) is 31.2 Å². The third-order valence-electron chi connectivity index (χ3n) is 3.47. The molecular formula is C13H19NO. The zero-order valence-corrected chi connectivity index (χ0v) is 9.28. The first-order chi connectivity index (χ1) is 7.21. The Hall–Kier alpha value is -0.860. The molecule has 1 aliphatic rings. The predicted octanol–water partition coefficient (Wildman–Crippen LogP) is 2.29. The number of rotatable bonds is 2. The van der Waals surface area contributed by atoms with Gasteiger partial charge in [-0.25, -0.2) is 0 Å². The van der Waals surface area contributed by atoms with Crippen molar-refractivity contribution in [1.29, 1.82) is 0 Å². The fourth-order valence-corrected chi connectivity index (χ4v) is 2.33. The van der Waals surface area contributed by atoms with E-state index in [0.29, 0.717) is 5.92 Å². The number of hydrogen-bond donors (Lipinski definition) is 1. The highest BCUT2D eigenvalue weighted by Gasteiger charge is 2.32. The van der Waals surface area contributed by atoms with E-state index in [1.165, 1.54) is 5.56 Å². The van der Waals surface area contributed by atoms with Gasteiger partial charge in [0, 0.05) is 18.8 Å². The summed E-state index contributed by atoms with van der Waals surface area (Å²) < 4.78 is 5.38. The highest BCUT2D eigenvalue weighted by Crippen LogP contribution is 2.33. The van der Waals surface area contributed by atoms with Crippen LogP contribution in [-0.2, 0) is 10.3 Å². The summed E-state index contributed by atoms with van der Waals surface area (Å²) in [4.78, 5) is 0.